The zero-order valence-corrected chi connectivity index (χ0v) is 6.81. The first-order valence-corrected chi connectivity index (χ1v) is 3.44. The molecule has 0 aliphatic carbocycles. The Balaban J connectivity index is 2.98. The Kier molecular flexibility index (Phi) is 5.16. The monoisotopic (exact) mass is 145 g/mol. The van der Waals surface area contributed by atoms with Gasteiger partial charge in [-0.2, -0.15) is 0 Å². The molecule has 3 nitrogen and oxygen atoms in total. The summed E-state index contributed by atoms with van der Waals surface area (Å²) >= 11 is 0. The van der Waals surface area contributed by atoms with Crippen LogP contribution in [0.15, 0.2) is 0 Å². The molecular formula is C7H15NO2. The summed E-state index contributed by atoms with van der Waals surface area (Å²) in [5.74, 6) is 0.132. The second-order valence-corrected chi connectivity index (χ2v) is 2.49. The summed E-state index contributed by atoms with van der Waals surface area (Å²) in [5.41, 5.74) is 0. The van der Waals surface area contributed by atoms with Crippen LogP contribution in [-0.2, 0) is 9.53 Å². The van der Waals surface area contributed by atoms with Crippen molar-refractivity contribution in [3.05, 3.63) is 0 Å². The van der Waals surface area contributed by atoms with Crippen LogP contribution in [0.25, 0.3) is 0 Å². The molecule has 0 saturated carbocycles. The highest BCUT2D eigenvalue weighted by Crippen LogP contribution is 1.83. The van der Waals surface area contributed by atoms with Crippen molar-refractivity contribution in [1.29, 1.82) is 0 Å². The highest BCUT2D eigenvalue weighted by molar-refractivity contribution is 5.77. The van der Waals surface area contributed by atoms with Crippen LogP contribution in [0.4, 0.5) is 0 Å². The summed E-state index contributed by atoms with van der Waals surface area (Å²) in [5, 5.41) is 2.84. The molecule has 0 atom stereocenters. The van der Waals surface area contributed by atoms with E-state index in [1.165, 1.54) is 0 Å². The second kappa shape index (κ2) is 5.38. The van der Waals surface area contributed by atoms with Crippen LogP contribution in [0.5, 0.6) is 0 Å². The number of nitrogens with one attached hydrogen (secondary N) is 1. The van der Waals surface area contributed by atoms with E-state index in [1.807, 2.05) is 13.8 Å². The molecule has 3 heteroatoms. The van der Waals surface area contributed by atoms with Gasteiger partial charge in [-0.3, -0.25) is 10.1 Å². The molecule has 0 radical (unpaired) electrons. The van der Waals surface area contributed by atoms with Gasteiger partial charge in [0.05, 0.1) is 19.4 Å². The van der Waals surface area contributed by atoms with Crippen LogP contribution in [-0.4, -0.2) is 25.2 Å². The third-order valence-electron chi connectivity index (χ3n) is 0.893. The van der Waals surface area contributed by atoms with Crippen LogP contribution >= 0.6 is 0 Å². The van der Waals surface area contributed by atoms with Crippen molar-refractivity contribution in [1.82, 2.24) is 5.32 Å². The van der Waals surface area contributed by atoms with Gasteiger partial charge in [-0.15, -0.1) is 0 Å². The lowest BCUT2D eigenvalue weighted by molar-refractivity contribution is -0.116. The zero-order valence-electron chi connectivity index (χ0n) is 6.81. The van der Waals surface area contributed by atoms with Crippen molar-refractivity contribution < 1.29 is 9.53 Å². The van der Waals surface area contributed by atoms with Gasteiger partial charge < -0.3 is 4.74 Å². The van der Waals surface area contributed by atoms with Gasteiger partial charge in [-0.1, -0.05) is 0 Å². The van der Waals surface area contributed by atoms with Crippen LogP contribution in [0.1, 0.15) is 20.8 Å². The van der Waals surface area contributed by atoms with Crippen molar-refractivity contribution in [2.45, 2.75) is 26.9 Å². The molecule has 0 saturated heterocycles. The molecule has 0 rings (SSSR count). The number of hydrogen-bond donors (Lipinski definition) is 1. The Morgan fingerprint density at radius 2 is 2.20 bits per heavy atom. The average molecular weight is 145 g/mol. The summed E-state index contributed by atoms with van der Waals surface area (Å²) in [6.07, 6.45) is 0.222. The van der Waals surface area contributed by atoms with Gasteiger partial charge in [0.15, 0.2) is 0 Å². The van der Waals surface area contributed by atoms with Gasteiger partial charge in [0.25, 0.3) is 0 Å². The Morgan fingerprint density at radius 1 is 1.60 bits per heavy atom. The van der Waals surface area contributed by atoms with Crippen LogP contribution in [0.2, 0.25) is 0 Å². The lowest BCUT2D eigenvalue weighted by Gasteiger charge is -2.06. The first kappa shape index (κ1) is 9.59. The molecule has 0 aliphatic rings. The van der Waals surface area contributed by atoms with Gasteiger partial charge in [0.2, 0.25) is 0 Å². The minimum atomic E-state index is 0.132. The van der Waals surface area contributed by atoms with E-state index in [0.29, 0.717) is 13.3 Å². The SMILES string of the molecule is CC(=O)CNCOC(C)C. The normalized spacial score (nSPS) is 10.4. The van der Waals surface area contributed by atoms with Gasteiger partial charge >= 0.3 is 0 Å². The molecular weight excluding hydrogens is 130 g/mol. The van der Waals surface area contributed by atoms with E-state index < -0.39 is 0 Å². The minimum absolute atomic E-state index is 0.132. The predicted octanol–water partition coefficient (Wildman–Crippen LogP) is 0.547. The van der Waals surface area contributed by atoms with Crippen molar-refractivity contribution in [2.75, 3.05) is 13.3 Å². The van der Waals surface area contributed by atoms with Gasteiger partial charge in [0.1, 0.15) is 5.78 Å². The Hall–Kier alpha value is -0.410. The fourth-order valence-corrected chi connectivity index (χ4v) is 0.453. The molecule has 0 fully saturated rings. The van der Waals surface area contributed by atoms with Gasteiger partial charge in [0, 0.05) is 0 Å². The fraction of sp³-hybridized carbons (Fsp3) is 0.857. The highest BCUT2D eigenvalue weighted by Gasteiger charge is 1.93. The number of Topliss-reactive ketones (excluding diaryl/α,β-unsaturated/α-hetero) is 1. The molecule has 60 valence electrons. The van der Waals surface area contributed by atoms with E-state index >= 15 is 0 Å². The average Bonchev–Trinajstić information content (AvgIpc) is 1.79. The summed E-state index contributed by atoms with van der Waals surface area (Å²) in [6.45, 7) is 6.30. The first-order valence-electron chi connectivity index (χ1n) is 3.44. The Bertz CT molecular complexity index is 102. The molecule has 0 aromatic heterocycles. The molecule has 0 amide bonds. The first-order chi connectivity index (χ1) is 4.63. The van der Waals surface area contributed by atoms with E-state index in [2.05, 4.69) is 5.32 Å². The molecule has 1 N–H and O–H groups in total. The third-order valence-corrected chi connectivity index (χ3v) is 0.893. The molecule has 0 aromatic rings. The number of ether oxygens (including phenoxy) is 1. The summed E-state index contributed by atoms with van der Waals surface area (Å²) in [7, 11) is 0. The van der Waals surface area contributed by atoms with Crippen molar-refractivity contribution in [3.63, 3.8) is 0 Å². The largest absolute Gasteiger partial charge is 0.364 e. The number of carbonyl (C=O) groups is 1. The second-order valence-electron chi connectivity index (χ2n) is 2.49. The van der Waals surface area contributed by atoms with Crippen molar-refractivity contribution in [2.24, 2.45) is 0 Å². The van der Waals surface area contributed by atoms with Crippen molar-refractivity contribution in [3.8, 4) is 0 Å². The molecule has 0 spiro atoms. The van der Waals surface area contributed by atoms with E-state index in [1.54, 1.807) is 6.92 Å². The lowest BCUT2D eigenvalue weighted by atomic mass is 10.4. The summed E-state index contributed by atoms with van der Waals surface area (Å²) in [6, 6.07) is 0. The highest BCUT2D eigenvalue weighted by atomic mass is 16.5. The maximum absolute atomic E-state index is 10.4. The minimum Gasteiger partial charge on any atom is -0.364 e. The van der Waals surface area contributed by atoms with Crippen LogP contribution in [0.3, 0.4) is 0 Å². The van der Waals surface area contributed by atoms with E-state index in [9.17, 15) is 4.79 Å². The van der Waals surface area contributed by atoms with Crippen molar-refractivity contribution >= 4 is 5.78 Å². The smallest absolute Gasteiger partial charge is 0.143 e. The zero-order chi connectivity index (χ0) is 7.98. The molecule has 10 heavy (non-hydrogen) atoms. The van der Waals surface area contributed by atoms with E-state index in [0.717, 1.165) is 0 Å². The summed E-state index contributed by atoms with van der Waals surface area (Å²) in [4.78, 5) is 10.4. The predicted molar refractivity (Wildman–Crippen MR) is 39.8 cm³/mol. The molecule has 0 bridgehead atoms. The van der Waals surface area contributed by atoms with Crippen LogP contribution < -0.4 is 5.32 Å². The quantitative estimate of drug-likeness (QED) is 0.453. The Morgan fingerprint density at radius 3 is 2.60 bits per heavy atom. The molecule has 0 aromatic carbocycles. The number of carbonyl (C=O) groups excluding carboxylic acids is 1. The standard InChI is InChI=1S/C7H15NO2/c1-6(2)10-5-8-4-7(3)9/h6,8H,4-5H2,1-3H3. The number of rotatable bonds is 5. The van der Waals surface area contributed by atoms with Gasteiger partial charge in [-0.25, -0.2) is 0 Å². The maximum Gasteiger partial charge on any atom is 0.143 e. The number of hydrogen-bond acceptors (Lipinski definition) is 3. The molecule has 0 unspecified atom stereocenters. The molecule has 0 aliphatic heterocycles. The van der Waals surface area contributed by atoms with Gasteiger partial charge in [-0.05, 0) is 20.8 Å². The Labute approximate surface area is 61.8 Å². The van der Waals surface area contributed by atoms with Crippen LogP contribution in [0, 0.1) is 0 Å². The lowest BCUT2D eigenvalue weighted by Crippen LogP contribution is -2.25. The summed E-state index contributed by atoms with van der Waals surface area (Å²) < 4.78 is 5.13. The maximum atomic E-state index is 10.4. The molecule has 0 heterocycles. The topological polar surface area (TPSA) is 38.3 Å². The van der Waals surface area contributed by atoms with E-state index in [4.69, 9.17) is 4.74 Å². The number of ketones is 1. The third kappa shape index (κ3) is 7.59. The fourth-order valence-electron chi connectivity index (χ4n) is 0.453. The van der Waals surface area contributed by atoms with E-state index in [-0.39, 0.29) is 11.9 Å².